The van der Waals surface area contributed by atoms with Crippen LogP contribution in [-0.4, -0.2) is 81.9 Å². The maximum atomic E-state index is 10.2. The van der Waals surface area contributed by atoms with Crippen LogP contribution in [0.1, 0.15) is 13.3 Å². The fourth-order valence-corrected chi connectivity index (χ4v) is 2.65. The average Bonchev–Trinajstić information content (AvgIpc) is 1.56. The molecule has 0 aliphatic carbocycles. The summed E-state index contributed by atoms with van der Waals surface area (Å²) in [6, 6.07) is 0. The Morgan fingerprint density at radius 3 is 1.33 bits per heavy atom. The van der Waals surface area contributed by atoms with E-state index in [4.69, 9.17) is 9.11 Å². The van der Waals surface area contributed by atoms with Gasteiger partial charge in [-0.2, -0.15) is 16.8 Å². The van der Waals surface area contributed by atoms with Crippen molar-refractivity contribution < 1.29 is 25.9 Å². The van der Waals surface area contributed by atoms with Gasteiger partial charge in [0.2, 0.25) is 4.58 Å². The van der Waals surface area contributed by atoms with Crippen LogP contribution in [0.3, 0.4) is 0 Å². The van der Waals surface area contributed by atoms with Crippen LogP contribution in [0.4, 0.5) is 0 Å². The first-order valence-corrected chi connectivity index (χ1v) is 5.63. The van der Waals surface area contributed by atoms with Crippen molar-refractivity contribution in [1.82, 2.24) is 0 Å². The van der Waals surface area contributed by atoms with E-state index < -0.39 is 31.2 Å². The van der Waals surface area contributed by atoms with Gasteiger partial charge in [-0.05, 0) is 6.42 Å². The molecule has 0 amide bonds. The van der Waals surface area contributed by atoms with Crippen molar-refractivity contribution in [3.8, 4) is 0 Å². The minimum atomic E-state index is -4.71. The third kappa shape index (κ3) is 5.24. The van der Waals surface area contributed by atoms with Crippen LogP contribution >= 0.6 is 0 Å². The van der Waals surface area contributed by atoms with E-state index in [-0.39, 0.29) is 51.4 Å². The molecule has 12 heavy (non-hydrogen) atoms. The number of rotatable bonds is 3. The molecule has 0 aliphatic heterocycles. The van der Waals surface area contributed by atoms with Crippen LogP contribution in [-0.2, 0) is 20.2 Å². The van der Waals surface area contributed by atoms with Crippen LogP contribution in [0.5, 0.6) is 0 Å². The predicted octanol–water partition coefficient (Wildman–Crippen LogP) is -1.15. The van der Waals surface area contributed by atoms with Gasteiger partial charge < -0.3 is 0 Å². The Morgan fingerprint density at radius 2 is 1.33 bits per heavy atom. The van der Waals surface area contributed by atoms with Crippen molar-refractivity contribution in [1.29, 1.82) is 0 Å². The van der Waals surface area contributed by atoms with Gasteiger partial charge in [-0.3, -0.25) is 9.11 Å². The summed E-state index contributed by atoms with van der Waals surface area (Å²) < 4.78 is 55.3. The Labute approximate surface area is 114 Å². The summed E-state index contributed by atoms with van der Waals surface area (Å²) in [7, 11) is -9.42. The molecule has 0 aromatic rings. The van der Waals surface area contributed by atoms with Gasteiger partial charge in [0.15, 0.2) is 0 Å². The molecule has 0 rings (SSSR count). The molecule has 0 aliphatic rings. The fraction of sp³-hybridized carbons (Fsp3) is 1.00. The van der Waals surface area contributed by atoms with E-state index in [1.807, 2.05) is 0 Å². The molecule has 0 bridgehead atoms. The van der Waals surface area contributed by atoms with Gasteiger partial charge in [0, 0.05) is 0 Å². The van der Waals surface area contributed by atoms with Gasteiger partial charge in [-0.25, -0.2) is 0 Å². The van der Waals surface area contributed by atoms with Crippen molar-refractivity contribution in [2.45, 2.75) is 17.9 Å². The molecule has 0 saturated heterocycles. The molecule has 0 radical (unpaired) electrons. The van der Waals surface area contributed by atoms with Crippen molar-refractivity contribution in [2.75, 3.05) is 0 Å². The van der Waals surface area contributed by atoms with Crippen molar-refractivity contribution >= 4 is 71.6 Å². The first-order chi connectivity index (χ1) is 4.69. The summed E-state index contributed by atoms with van der Waals surface area (Å²) >= 11 is 0. The Balaban J connectivity index is 0. The molecular formula is C3H9KO6S2. The van der Waals surface area contributed by atoms with Gasteiger partial charge in [0.05, 0.1) is 0 Å². The zero-order chi connectivity index (χ0) is 9.28. The summed E-state index contributed by atoms with van der Waals surface area (Å²) in [6.07, 6.45) is -0.391. The second-order valence-corrected chi connectivity index (χ2v) is 5.36. The van der Waals surface area contributed by atoms with Crippen molar-refractivity contribution in [3.63, 3.8) is 0 Å². The van der Waals surface area contributed by atoms with Crippen LogP contribution < -0.4 is 0 Å². The topological polar surface area (TPSA) is 109 Å². The SMILES string of the molecule is CCC(S(=O)(=O)O)S(=O)(=O)O.[KH]. The van der Waals surface area contributed by atoms with E-state index in [0.29, 0.717) is 0 Å². The van der Waals surface area contributed by atoms with Crippen LogP contribution in [0.25, 0.3) is 0 Å². The molecular weight excluding hydrogens is 235 g/mol. The zero-order valence-electron chi connectivity index (χ0n) is 5.63. The first kappa shape index (κ1) is 15.9. The average molecular weight is 244 g/mol. The minimum absolute atomic E-state index is 0. The predicted molar refractivity (Wildman–Crippen MR) is 44.3 cm³/mol. The Morgan fingerprint density at radius 1 is 1.08 bits per heavy atom. The van der Waals surface area contributed by atoms with E-state index in [1.54, 1.807) is 0 Å². The molecule has 0 aromatic heterocycles. The maximum absolute atomic E-state index is 10.2. The normalized spacial score (nSPS) is 12.7. The monoisotopic (exact) mass is 244 g/mol. The van der Waals surface area contributed by atoms with E-state index in [2.05, 4.69) is 0 Å². The Bertz CT molecular complexity index is 283. The molecule has 0 aromatic carbocycles. The molecule has 6 nitrogen and oxygen atoms in total. The molecule has 2 N–H and O–H groups in total. The standard InChI is InChI=1S/C3H8O6S2.K.H/c1-2-3(10(4,5)6)11(7,8)9;;/h3H,2H2,1H3,(H,4,5,6)(H,7,8,9);;. The second-order valence-electron chi connectivity index (χ2n) is 1.87. The van der Waals surface area contributed by atoms with E-state index in [1.165, 1.54) is 6.92 Å². The molecule has 0 atom stereocenters. The summed E-state index contributed by atoms with van der Waals surface area (Å²) in [5.74, 6) is 0. The van der Waals surface area contributed by atoms with Crippen LogP contribution in [0.15, 0.2) is 0 Å². The number of hydrogen-bond acceptors (Lipinski definition) is 4. The van der Waals surface area contributed by atoms with Crippen molar-refractivity contribution in [2.24, 2.45) is 0 Å². The van der Waals surface area contributed by atoms with Gasteiger partial charge in [0.1, 0.15) is 0 Å². The summed E-state index contributed by atoms with van der Waals surface area (Å²) in [6.45, 7) is 1.21. The van der Waals surface area contributed by atoms with Crippen molar-refractivity contribution in [3.05, 3.63) is 0 Å². The third-order valence-electron chi connectivity index (χ3n) is 0.998. The molecule has 0 saturated carbocycles. The van der Waals surface area contributed by atoms with Gasteiger partial charge in [0.25, 0.3) is 20.2 Å². The zero-order valence-corrected chi connectivity index (χ0v) is 7.26. The van der Waals surface area contributed by atoms with E-state index >= 15 is 0 Å². The molecule has 70 valence electrons. The summed E-state index contributed by atoms with van der Waals surface area (Å²) in [5.41, 5.74) is 0. The van der Waals surface area contributed by atoms with Gasteiger partial charge >= 0.3 is 51.4 Å². The van der Waals surface area contributed by atoms with Gasteiger partial charge in [-0.1, -0.05) is 6.92 Å². The van der Waals surface area contributed by atoms with E-state index in [9.17, 15) is 16.8 Å². The molecule has 9 heteroatoms. The third-order valence-corrected chi connectivity index (χ3v) is 4.45. The fourth-order valence-electron chi connectivity index (χ4n) is 0.575. The summed E-state index contributed by atoms with van der Waals surface area (Å²) in [4.78, 5) is 0. The molecule has 0 heterocycles. The molecule has 0 fully saturated rings. The summed E-state index contributed by atoms with van der Waals surface area (Å²) in [5, 5.41) is 0. The van der Waals surface area contributed by atoms with E-state index in [0.717, 1.165) is 0 Å². The molecule has 0 spiro atoms. The Kier molecular flexibility index (Phi) is 7.11. The van der Waals surface area contributed by atoms with Crippen LogP contribution in [0, 0.1) is 0 Å². The number of hydrogen-bond donors (Lipinski definition) is 2. The Hall–Kier alpha value is 1.46. The first-order valence-electron chi connectivity index (χ1n) is 2.62. The second kappa shape index (κ2) is 5.37. The molecule has 0 unspecified atom stereocenters. The quantitative estimate of drug-likeness (QED) is 0.479. The van der Waals surface area contributed by atoms with Gasteiger partial charge in [-0.15, -0.1) is 0 Å². The van der Waals surface area contributed by atoms with Crippen LogP contribution in [0.2, 0.25) is 0 Å².